The minimum absolute atomic E-state index is 0.262. The summed E-state index contributed by atoms with van der Waals surface area (Å²) in [5.74, 6) is 1.67. The highest BCUT2D eigenvalue weighted by atomic mass is 127. The summed E-state index contributed by atoms with van der Waals surface area (Å²) in [5, 5.41) is 0. The SMILES string of the molecule is Cc1ccc(C(CI)OCC2CCCC(C)C2)cc1. The molecule has 2 rings (SSSR count). The van der Waals surface area contributed by atoms with Crippen molar-refractivity contribution in [3.63, 3.8) is 0 Å². The van der Waals surface area contributed by atoms with Gasteiger partial charge < -0.3 is 4.74 Å². The molecule has 0 radical (unpaired) electrons. The normalized spacial score (nSPS) is 25.2. The maximum atomic E-state index is 6.20. The Morgan fingerprint density at radius 2 is 2.00 bits per heavy atom. The fourth-order valence-electron chi connectivity index (χ4n) is 2.97. The third-order valence-corrected chi connectivity index (χ3v) is 4.97. The van der Waals surface area contributed by atoms with E-state index in [9.17, 15) is 0 Å². The maximum Gasteiger partial charge on any atom is 0.0914 e. The van der Waals surface area contributed by atoms with Crippen LogP contribution in [0.3, 0.4) is 0 Å². The van der Waals surface area contributed by atoms with Crippen LogP contribution < -0.4 is 0 Å². The van der Waals surface area contributed by atoms with E-state index in [0.29, 0.717) is 0 Å². The molecule has 0 heterocycles. The molecule has 1 aromatic rings. The van der Waals surface area contributed by atoms with Crippen molar-refractivity contribution in [1.29, 1.82) is 0 Å². The molecule has 0 amide bonds. The number of hydrogen-bond donors (Lipinski definition) is 0. The first-order valence-electron chi connectivity index (χ1n) is 7.43. The van der Waals surface area contributed by atoms with Gasteiger partial charge in [-0.1, -0.05) is 72.2 Å². The first-order chi connectivity index (χ1) is 9.19. The van der Waals surface area contributed by atoms with Crippen LogP contribution in [0.2, 0.25) is 0 Å². The molecule has 2 heteroatoms. The van der Waals surface area contributed by atoms with Gasteiger partial charge in [0, 0.05) is 4.43 Å². The molecule has 1 fully saturated rings. The fourth-order valence-corrected chi connectivity index (χ4v) is 3.74. The lowest BCUT2D eigenvalue weighted by atomic mass is 9.83. The molecule has 1 aromatic carbocycles. The van der Waals surface area contributed by atoms with Crippen LogP contribution in [0.5, 0.6) is 0 Å². The molecule has 3 atom stereocenters. The van der Waals surface area contributed by atoms with Crippen LogP contribution in [0.1, 0.15) is 49.8 Å². The van der Waals surface area contributed by atoms with Gasteiger partial charge in [0.25, 0.3) is 0 Å². The molecular formula is C17H25IO. The van der Waals surface area contributed by atoms with E-state index in [-0.39, 0.29) is 6.10 Å². The summed E-state index contributed by atoms with van der Waals surface area (Å²) in [5.41, 5.74) is 2.64. The highest BCUT2D eigenvalue weighted by Gasteiger charge is 2.20. The first kappa shape index (κ1) is 15.3. The molecule has 0 aromatic heterocycles. The van der Waals surface area contributed by atoms with Gasteiger partial charge in [0.05, 0.1) is 12.7 Å². The second-order valence-electron chi connectivity index (χ2n) is 6.02. The maximum absolute atomic E-state index is 6.20. The second kappa shape index (κ2) is 7.63. The Labute approximate surface area is 131 Å². The number of aryl methyl sites for hydroxylation is 1. The van der Waals surface area contributed by atoms with Crippen LogP contribution >= 0.6 is 22.6 Å². The Bertz CT molecular complexity index is 373. The Balaban J connectivity index is 1.87. The summed E-state index contributed by atoms with van der Waals surface area (Å²) in [4.78, 5) is 0. The summed E-state index contributed by atoms with van der Waals surface area (Å²) in [6.07, 6.45) is 5.76. The zero-order valence-electron chi connectivity index (χ0n) is 12.1. The van der Waals surface area contributed by atoms with Crippen molar-refractivity contribution in [1.82, 2.24) is 0 Å². The summed E-state index contributed by atoms with van der Waals surface area (Å²) in [6, 6.07) is 8.78. The van der Waals surface area contributed by atoms with Crippen LogP contribution in [-0.2, 0) is 4.74 Å². The standard InChI is InChI=1S/C17H25IO/c1-13-6-8-16(9-7-13)17(11-18)19-12-15-5-3-4-14(2)10-15/h6-9,14-15,17H,3-5,10-12H2,1-2H3. The molecular weight excluding hydrogens is 347 g/mol. The van der Waals surface area contributed by atoms with Gasteiger partial charge in [-0.05, 0) is 37.2 Å². The number of rotatable bonds is 5. The van der Waals surface area contributed by atoms with Crippen LogP contribution in [0.15, 0.2) is 24.3 Å². The molecule has 1 aliphatic rings. The first-order valence-corrected chi connectivity index (χ1v) is 8.95. The quantitative estimate of drug-likeness (QED) is 0.503. The average molecular weight is 372 g/mol. The molecule has 1 nitrogen and oxygen atoms in total. The Morgan fingerprint density at radius 1 is 1.26 bits per heavy atom. The van der Waals surface area contributed by atoms with Gasteiger partial charge >= 0.3 is 0 Å². The average Bonchev–Trinajstić information content (AvgIpc) is 2.41. The fraction of sp³-hybridized carbons (Fsp3) is 0.647. The van der Waals surface area contributed by atoms with Crippen LogP contribution in [0.25, 0.3) is 0 Å². The highest BCUT2D eigenvalue weighted by Crippen LogP contribution is 2.30. The molecule has 3 unspecified atom stereocenters. The van der Waals surface area contributed by atoms with Gasteiger partial charge in [-0.15, -0.1) is 0 Å². The Hall–Kier alpha value is -0.0900. The molecule has 0 aliphatic heterocycles. The van der Waals surface area contributed by atoms with E-state index >= 15 is 0 Å². The summed E-state index contributed by atoms with van der Waals surface area (Å²) >= 11 is 2.43. The predicted molar refractivity (Wildman–Crippen MR) is 89.9 cm³/mol. The smallest absolute Gasteiger partial charge is 0.0914 e. The molecule has 0 spiro atoms. The van der Waals surface area contributed by atoms with Crippen molar-refractivity contribution in [3.8, 4) is 0 Å². The van der Waals surface area contributed by atoms with Crippen LogP contribution in [0, 0.1) is 18.8 Å². The molecule has 1 aliphatic carbocycles. The molecule has 19 heavy (non-hydrogen) atoms. The van der Waals surface area contributed by atoms with Gasteiger partial charge in [-0.3, -0.25) is 0 Å². The van der Waals surface area contributed by atoms with Crippen molar-refractivity contribution in [2.24, 2.45) is 11.8 Å². The number of ether oxygens (including phenoxy) is 1. The lowest BCUT2D eigenvalue weighted by Gasteiger charge is -2.28. The Kier molecular flexibility index (Phi) is 6.14. The molecule has 0 N–H and O–H groups in total. The van der Waals surface area contributed by atoms with E-state index in [1.807, 2.05) is 0 Å². The second-order valence-corrected chi connectivity index (χ2v) is 6.91. The minimum atomic E-state index is 0.262. The number of alkyl halides is 1. The third kappa shape index (κ3) is 4.75. The number of hydrogen-bond acceptors (Lipinski definition) is 1. The van der Waals surface area contributed by atoms with E-state index in [1.165, 1.54) is 36.8 Å². The van der Waals surface area contributed by atoms with Crippen LogP contribution in [-0.4, -0.2) is 11.0 Å². The van der Waals surface area contributed by atoms with E-state index in [4.69, 9.17) is 4.74 Å². The van der Waals surface area contributed by atoms with Gasteiger partial charge in [0.15, 0.2) is 0 Å². The van der Waals surface area contributed by atoms with Gasteiger partial charge in [0.2, 0.25) is 0 Å². The third-order valence-electron chi connectivity index (χ3n) is 4.17. The summed E-state index contributed by atoms with van der Waals surface area (Å²) in [7, 11) is 0. The minimum Gasteiger partial charge on any atom is -0.372 e. The highest BCUT2D eigenvalue weighted by molar-refractivity contribution is 14.1. The summed E-state index contributed by atoms with van der Waals surface area (Å²) in [6.45, 7) is 5.45. The Morgan fingerprint density at radius 3 is 2.63 bits per heavy atom. The largest absolute Gasteiger partial charge is 0.372 e. The van der Waals surface area contributed by atoms with E-state index in [2.05, 4.69) is 60.7 Å². The van der Waals surface area contributed by atoms with Crippen molar-refractivity contribution in [2.75, 3.05) is 11.0 Å². The predicted octanol–water partition coefficient (Wildman–Crippen LogP) is 5.31. The van der Waals surface area contributed by atoms with Crippen molar-refractivity contribution in [3.05, 3.63) is 35.4 Å². The van der Waals surface area contributed by atoms with Crippen LogP contribution in [0.4, 0.5) is 0 Å². The van der Waals surface area contributed by atoms with Gasteiger partial charge in [-0.2, -0.15) is 0 Å². The summed E-state index contributed by atoms with van der Waals surface area (Å²) < 4.78 is 7.23. The zero-order chi connectivity index (χ0) is 13.7. The molecule has 1 saturated carbocycles. The number of benzene rings is 1. The topological polar surface area (TPSA) is 9.23 Å². The van der Waals surface area contributed by atoms with E-state index < -0.39 is 0 Å². The van der Waals surface area contributed by atoms with Crippen molar-refractivity contribution in [2.45, 2.75) is 45.6 Å². The molecule has 106 valence electrons. The lowest BCUT2D eigenvalue weighted by molar-refractivity contribution is 0.0288. The van der Waals surface area contributed by atoms with Crippen molar-refractivity contribution < 1.29 is 4.74 Å². The van der Waals surface area contributed by atoms with Gasteiger partial charge in [-0.25, -0.2) is 0 Å². The molecule has 0 bridgehead atoms. The van der Waals surface area contributed by atoms with Gasteiger partial charge in [0.1, 0.15) is 0 Å². The number of halogens is 1. The molecule has 0 saturated heterocycles. The zero-order valence-corrected chi connectivity index (χ0v) is 14.2. The van der Waals surface area contributed by atoms with E-state index in [1.54, 1.807) is 0 Å². The van der Waals surface area contributed by atoms with E-state index in [0.717, 1.165) is 22.9 Å². The van der Waals surface area contributed by atoms with Crippen molar-refractivity contribution >= 4 is 22.6 Å². The lowest BCUT2D eigenvalue weighted by Crippen LogP contribution is -2.20. The monoisotopic (exact) mass is 372 g/mol.